The molecule has 0 spiro atoms. The average Bonchev–Trinajstić information content (AvgIpc) is 2.89. The number of nitrogens with two attached hydrogens (primary N) is 1. The monoisotopic (exact) mass is 500 g/mol. The van der Waals surface area contributed by atoms with E-state index in [9.17, 15) is 19.2 Å². The van der Waals surface area contributed by atoms with Gasteiger partial charge in [0.2, 0.25) is 23.6 Å². The number of carbonyl (C=O) groups is 4. The Morgan fingerprint density at radius 2 is 0.892 bits per heavy atom. The largest absolute Gasteiger partial charge is 0.368 e. The van der Waals surface area contributed by atoms with Crippen molar-refractivity contribution in [3.8, 4) is 0 Å². The Balaban J connectivity index is 1.79. The van der Waals surface area contributed by atoms with E-state index in [4.69, 9.17) is 5.73 Å². The fourth-order valence-electron chi connectivity index (χ4n) is 3.98. The summed E-state index contributed by atoms with van der Waals surface area (Å²) < 4.78 is 0. The minimum absolute atomic E-state index is 0.188. The molecule has 37 heavy (non-hydrogen) atoms. The summed E-state index contributed by atoms with van der Waals surface area (Å²) in [5.41, 5.74) is 8.10. The summed E-state index contributed by atoms with van der Waals surface area (Å²) in [6, 6.07) is 24.9. The maximum atomic E-state index is 13.4. The van der Waals surface area contributed by atoms with E-state index in [0.717, 1.165) is 16.7 Å². The quantitative estimate of drug-likeness (QED) is 0.301. The highest BCUT2D eigenvalue weighted by Crippen LogP contribution is 2.09. The molecule has 0 aromatic heterocycles. The minimum Gasteiger partial charge on any atom is -0.368 e. The molecule has 0 aliphatic rings. The van der Waals surface area contributed by atoms with Crippen LogP contribution in [0.15, 0.2) is 91.0 Å². The molecule has 0 heterocycles. The van der Waals surface area contributed by atoms with Gasteiger partial charge in [0.25, 0.3) is 0 Å². The summed E-state index contributed by atoms with van der Waals surface area (Å²) in [7, 11) is 0. The number of rotatable bonds is 12. The lowest BCUT2D eigenvalue weighted by molar-refractivity contribution is -0.133. The third-order valence-electron chi connectivity index (χ3n) is 5.83. The molecular weight excluding hydrogens is 468 g/mol. The highest BCUT2D eigenvalue weighted by molar-refractivity contribution is 5.94. The Morgan fingerprint density at radius 1 is 0.568 bits per heavy atom. The molecule has 3 aromatic carbocycles. The van der Waals surface area contributed by atoms with Crippen molar-refractivity contribution >= 4 is 23.6 Å². The van der Waals surface area contributed by atoms with Gasteiger partial charge in [-0.25, -0.2) is 0 Å². The van der Waals surface area contributed by atoms with Gasteiger partial charge < -0.3 is 21.7 Å². The van der Waals surface area contributed by atoms with E-state index in [0.29, 0.717) is 0 Å². The van der Waals surface area contributed by atoms with E-state index in [2.05, 4.69) is 16.0 Å². The number of hydrogen-bond donors (Lipinski definition) is 4. The Bertz CT molecular complexity index is 1190. The van der Waals surface area contributed by atoms with Gasteiger partial charge in [-0.05, 0) is 16.7 Å². The molecule has 8 nitrogen and oxygen atoms in total. The summed E-state index contributed by atoms with van der Waals surface area (Å²) in [4.78, 5) is 50.7. The number of benzene rings is 3. The lowest BCUT2D eigenvalue weighted by Crippen LogP contribution is -2.57. The summed E-state index contributed by atoms with van der Waals surface area (Å²) in [5, 5.41) is 8.16. The fourth-order valence-corrected chi connectivity index (χ4v) is 3.98. The molecule has 3 unspecified atom stereocenters. The summed E-state index contributed by atoms with van der Waals surface area (Å²) in [6.45, 7) is 1.33. The van der Waals surface area contributed by atoms with Gasteiger partial charge in [-0.2, -0.15) is 0 Å². The first-order valence-corrected chi connectivity index (χ1v) is 12.1. The maximum Gasteiger partial charge on any atom is 0.243 e. The summed E-state index contributed by atoms with van der Waals surface area (Å²) in [5.74, 6) is -2.09. The molecule has 0 bridgehead atoms. The van der Waals surface area contributed by atoms with Crippen LogP contribution in [0, 0.1) is 0 Å². The molecule has 0 radical (unpaired) electrons. The zero-order valence-corrected chi connectivity index (χ0v) is 20.7. The third kappa shape index (κ3) is 8.92. The molecule has 0 fully saturated rings. The maximum absolute atomic E-state index is 13.4. The Morgan fingerprint density at radius 3 is 1.24 bits per heavy atom. The lowest BCUT2D eigenvalue weighted by atomic mass is 10.0. The highest BCUT2D eigenvalue weighted by Gasteiger charge is 2.29. The molecule has 0 aliphatic heterocycles. The third-order valence-corrected chi connectivity index (χ3v) is 5.83. The smallest absolute Gasteiger partial charge is 0.243 e. The summed E-state index contributed by atoms with van der Waals surface area (Å²) in [6.07, 6.45) is 0.660. The van der Waals surface area contributed by atoms with Crippen molar-refractivity contribution in [3.05, 3.63) is 108 Å². The van der Waals surface area contributed by atoms with E-state index in [-0.39, 0.29) is 25.2 Å². The molecule has 0 saturated heterocycles. The van der Waals surface area contributed by atoms with Gasteiger partial charge in [-0.1, -0.05) is 91.0 Å². The molecule has 3 rings (SSSR count). The highest BCUT2D eigenvalue weighted by atomic mass is 16.2. The standard InChI is InChI=1S/C29H32N4O4/c1-20(34)31-25(18-22-13-7-3-8-14-22)28(36)33-26(19-23-15-9-4-10-16-23)29(37)32-24(27(30)35)17-21-11-5-2-6-12-21/h2-16,24-26H,17-19H2,1H3,(H2,30,35)(H,31,34)(H,32,37)(H,33,36). The van der Waals surface area contributed by atoms with Gasteiger partial charge in [0.15, 0.2) is 0 Å². The predicted octanol–water partition coefficient (Wildman–Crippen LogP) is 1.67. The number of primary amides is 1. The van der Waals surface area contributed by atoms with Gasteiger partial charge in [-0.3, -0.25) is 19.2 Å². The van der Waals surface area contributed by atoms with Crippen molar-refractivity contribution in [2.45, 2.75) is 44.3 Å². The van der Waals surface area contributed by atoms with Gasteiger partial charge in [-0.15, -0.1) is 0 Å². The van der Waals surface area contributed by atoms with Crippen LogP contribution < -0.4 is 21.7 Å². The van der Waals surface area contributed by atoms with Crippen LogP contribution in [0.3, 0.4) is 0 Å². The van der Waals surface area contributed by atoms with E-state index < -0.39 is 35.8 Å². The Labute approximate surface area is 216 Å². The molecule has 3 atom stereocenters. The van der Waals surface area contributed by atoms with Crippen LogP contribution >= 0.6 is 0 Å². The molecule has 3 aromatic rings. The second-order valence-electron chi connectivity index (χ2n) is 8.85. The van der Waals surface area contributed by atoms with Crippen molar-refractivity contribution in [1.82, 2.24) is 16.0 Å². The molecular formula is C29H32N4O4. The first-order chi connectivity index (χ1) is 17.8. The zero-order chi connectivity index (χ0) is 26.6. The van der Waals surface area contributed by atoms with E-state index in [1.807, 2.05) is 91.0 Å². The van der Waals surface area contributed by atoms with Crippen molar-refractivity contribution in [1.29, 1.82) is 0 Å². The van der Waals surface area contributed by atoms with Crippen LogP contribution in [-0.2, 0) is 38.4 Å². The Hall–Kier alpha value is -4.46. The van der Waals surface area contributed by atoms with Crippen LogP contribution in [-0.4, -0.2) is 41.8 Å². The fraction of sp³-hybridized carbons (Fsp3) is 0.241. The molecule has 5 N–H and O–H groups in total. The number of carbonyl (C=O) groups excluding carboxylic acids is 4. The predicted molar refractivity (Wildman–Crippen MR) is 141 cm³/mol. The minimum atomic E-state index is -1.00. The Kier molecular flexibility index (Phi) is 9.96. The van der Waals surface area contributed by atoms with E-state index in [1.165, 1.54) is 6.92 Å². The average molecular weight is 501 g/mol. The van der Waals surface area contributed by atoms with Gasteiger partial charge in [0, 0.05) is 26.2 Å². The van der Waals surface area contributed by atoms with Crippen LogP contribution in [0.2, 0.25) is 0 Å². The first kappa shape index (κ1) is 27.1. The first-order valence-electron chi connectivity index (χ1n) is 12.1. The van der Waals surface area contributed by atoms with Crippen LogP contribution in [0.5, 0.6) is 0 Å². The van der Waals surface area contributed by atoms with Crippen molar-refractivity contribution in [2.75, 3.05) is 0 Å². The van der Waals surface area contributed by atoms with Crippen molar-refractivity contribution < 1.29 is 19.2 Å². The van der Waals surface area contributed by atoms with Gasteiger partial charge in [0.1, 0.15) is 18.1 Å². The second-order valence-corrected chi connectivity index (χ2v) is 8.85. The SMILES string of the molecule is CC(=O)NC(Cc1ccccc1)C(=O)NC(Cc1ccccc1)C(=O)NC(Cc1ccccc1)C(N)=O. The van der Waals surface area contributed by atoms with Gasteiger partial charge in [0.05, 0.1) is 0 Å². The van der Waals surface area contributed by atoms with Crippen molar-refractivity contribution in [2.24, 2.45) is 5.73 Å². The van der Waals surface area contributed by atoms with E-state index >= 15 is 0 Å². The van der Waals surface area contributed by atoms with Gasteiger partial charge >= 0.3 is 0 Å². The zero-order valence-electron chi connectivity index (χ0n) is 20.7. The normalized spacial score (nSPS) is 13.0. The second kappa shape index (κ2) is 13.6. The molecule has 8 heteroatoms. The van der Waals surface area contributed by atoms with Crippen LogP contribution in [0.4, 0.5) is 0 Å². The van der Waals surface area contributed by atoms with Crippen molar-refractivity contribution in [3.63, 3.8) is 0 Å². The molecule has 192 valence electrons. The number of nitrogens with one attached hydrogen (secondary N) is 3. The number of hydrogen-bond acceptors (Lipinski definition) is 4. The molecule has 0 saturated carbocycles. The number of amides is 4. The summed E-state index contributed by atoms with van der Waals surface area (Å²) >= 11 is 0. The topological polar surface area (TPSA) is 130 Å². The molecule has 0 aliphatic carbocycles. The van der Waals surface area contributed by atoms with Crippen LogP contribution in [0.1, 0.15) is 23.6 Å². The molecule has 4 amide bonds. The van der Waals surface area contributed by atoms with Crippen LogP contribution in [0.25, 0.3) is 0 Å². The van der Waals surface area contributed by atoms with E-state index in [1.54, 1.807) is 0 Å². The lowest BCUT2D eigenvalue weighted by Gasteiger charge is -2.25.